The molecule has 2 rings (SSSR count). The standard InChI is InChI=1S/C16H20N2O6S2/c1-23-12-3-5-13(6-4-12)24-10-9-18-15-8-7-14(26(17,21)22)11-16(15)25(2,19)20/h3-8,11,18H,9-10H2,1-2H3,(H2,17,21,22). The topological polar surface area (TPSA) is 125 Å². The first-order valence-corrected chi connectivity index (χ1v) is 10.9. The Labute approximate surface area is 152 Å². The third-order valence-corrected chi connectivity index (χ3v) is 5.47. The highest BCUT2D eigenvalue weighted by molar-refractivity contribution is 7.91. The molecule has 26 heavy (non-hydrogen) atoms. The summed E-state index contributed by atoms with van der Waals surface area (Å²) in [6, 6.07) is 10.7. The van der Waals surface area contributed by atoms with Crippen LogP contribution >= 0.6 is 0 Å². The SMILES string of the molecule is COc1ccc(OCCNc2ccc(S(N)(=O)=O)cc2S(C)(=O)=O)cc1. The Balaban J connectivity index is 2.06. The maximum Gasteiger partial charge on any atom is 0.238 e. The van der Waals surface area contributed by atoms with Crippen LogP contribution in [0.25, 0.3) is 0 Å². The van der Waals surface area contributed by atoms with Crippen LogP contribution < -0.4 is 19.9 Å². The molecule has 3 N–H and O–H groups in total. The highest BCUT2D eigenvalue weighted by atomic mass is 32.2. The van der Waals surface area contributed by atoms with Gasteiger partial charge in [0, 0.05) is 12.8 Å². The average molecular weight is 400 g/mol. The van der Waals surface area contributed by atoms with E-state index in [0.717, 1.165) is 12.3 Å². The van der Waals surface area contributed by atoms with Crippen molar-refractivity contribution in [3.8, 4) is 11.5 Å². The molecule has 142 valence electrons. The van der Waals surface area contributed by atoms with Crippen LogP contribution in [0.2, 0.25) is 0 Å². The maximum absolute atomic E-state index is 11.9. The first-order chi connectivity index (χ1) is 12.1. The largest absolute Gasteiger partial charge is 0.497 e. The van der Waals surface area contributed by atoms with Crippen LogP contribution in [-0.4, -0.2) is 43.4 Å². The van der Waals surface area contributed by atoms with Gasteiger partial charge in [-0.1, -0.05) is 0 Å². The van der Waals surface area contributed by atoms with Gasteiger partial charge in [-0.05, 0) is 42.5 Å². The highest BCUT2D eigenvalue weighted by Crippen LogP contribution is 2.24. The number of nitrogens with one attached hydrogen (secondary N) is 1. The maximum atomic E-state index is 11.9. The van der Waals surface area contributed by atoms with Crippen LogP contribution in [0.1, 0.15) is 0 Å². The van der Waals surface area contributed by atoms with E-state index < -0.39 is 19.9 Å². The van der Waals surface area contributed by atoms with Crippen LogP contribution in [-0.2, 0) is 19.9 Å². The minimum atomic E-state index is -4.00. The second-order valence-corrected chi connectivity index (χ2v) is 8.97. The van der Waals surface area contributed by atoms with Gasteiger partial charge in [-0.25, -0.2) is 22.0 Å². The summed E-state index contributed by atoms with van der Waals surface area (Å²) in [5.74, 6) is 1.35. The third kappa shape index (κ3) is 5.35. The zero-order valence-corrected chi connectivity index (χ0v) is 15.9. The average Bonchev–Trinajstić information content (AvgIpc) is 2.57. The van der Waals surface area contributed by atoms with Gasteiger partial charge >= 0.3 is 0 Å². The molecular formula is C16H20N2O6S2. The van der Waals surface area contributed by atoms with E-state index in [-0.39, 0.29) is 22.1 Å². The van der Waals surface area contributed by atoms with Crippen LogP contribution in [0.4, 0.5) is 5.69 Å². The molecule has 10 heteroatoms. The lowest BCUT2D eigenvalue weighted by Crippen LogP contribution is -2.16. The van der Waals surface area contributed by atoms with Crippen molar-refractivity contribution in [2.45, 2.75) is 9.79 Å². The molecular weight excluding hydrogens is 380 g/mol. The number of primary sulfonamides is 1. The van der Waals surface area contributed by atoms with E-state index in [0.29, 0.717) is 18.0 Å². The summed E-state index contributed by atoms with van der Waals surface area (Å²) in [6.45, 7) is 0.579. The van der Waals surface area contributed by atoms with Gasteiger partial charge in [0.05, 0.1) is 22.6 Å². The van der Waals surface area contributed by atoms with Gasteiger partial charge in [0.2, 0.25) is 10.0 Å². The van der Waals surface area contributed by atoms with E-state index in [1.165, 1.54) is 12.1 Å². The van der Waals surface area contributed by atoms with Crippen molar-refractivity contribution in [1.82, 2.24) is 0 Å². The minimum Gasteiger partial charge on any atom is -0.497 e. The molecule has 0 radical (unpaired) electrons. The Morgan fingerprint density at radius 2 is 1.62 bits per heavy atom. The first kappa shape index (κ1) is 20.0. The molecule has 0 aliphatic carbocycles. The van der Waals surface area contributed by atoms with Gasteiger partial charge in [-0.15, -0.1) is 0 Å². The van der Waals surface area contributed by atoms with Gasteiger partial charge in [0.15, 0.2) is 9.84 Å². The van der Waals surface area contributed by atoms with Crippen molar-refractivity contribution in [2.24, 2.45) is 5.14 Å². The molecule has 8 nitrogen and oxygen atoms in total. The molecule has 0 saturated carbocycles. The van der Waals surface area contributed by atoms with Gasteiger partial charge in [-0.2, -0.15) is 0 Å². The molecule has 0 unspecified atom stereocenters. The number of sulfone groups is 1. The van der Waals surface area contributed by atoms with Crippen molar-refractivity contribution in [3.05, 3.63) is 42.5 Å². The summed E-state index contributed by atoms with van der Waals surface area (Å²) in [5, 5.41) is 7.98. The number of sulfonamides is 1. The summed E-state index contributed by atoms with van der Waals surface area (Å²) in [6.07, 6.45) is 0.994. The molecule has 0 amide bonds. The Morgan fingerprint density at radius 3 is 2.15 bits per heavy atom. The van der Waals surface area contributed by atoms with Crippen molar-refractivity contribution >= 4 is 25.5 Å². The number of methoxy groups -OCH3 is 1. The summed E-state index contributed by atoms with van der Waals surface area (Å²) in [4.78, 5) is -0.411. The number of rotatable bonds is 8. The Kier molecular flexibility index (Phi) is 6.11. The fourth-order valence-electron chi connectivity index (χ4n) is 2.16. The van der Waals surface area contributed by atoms with Crippen molar-refractivity contribution in [3.63, 3.8) is 0 Å². The number of anilines is 1. The van der Waals surface area contributed by atoms with E-state index >= 15 is 0 Å². The Morgan fingerprint density at radius 1 is 1.00 bits per heavy atom. The molecule has 0 atom stereocenters. The number of hydrogen-bond acceptors (Lipinski definition) is 7. The summed E-state index contributed by atoms with van der Waals surface area (Å²) in [5.41, 5.74) is 0.276. The molecule has 0 aliphatic heterocycles. The van der Waals surface area contributed by atoms with Gasteiger partial charge in [-0.3, -0.25) is 0 Å². The third-order valence-electron chi connectivity index (χ3n) is 3.43. The summed E-state index contributed by atoms with van der Waals surface area (Å²) < 4.78 is 57.3. The molecule has 0 saturated heterocycles. The molecule has 0 heterocycles. The predicted octanol–water partition coefficient (Wildman–Crippen LogP) is 1.24. The number of nitrogens with two attached hydrogens (primary N) is 1. The minimum absolute atomic E-state index is 0.145. The first-order valence-electron chi connectivity index (χ1n) is 7.49. The van der Waals surface area contributed by atoms with Gasteiger partial charge < -0.3 is 14.8 Å². The molecule has 2 aromatic carbocycles. The van der Waals surface area contributed by atoms with Crippen LogP contribution in [0.15, 0.2) is 52.3 Å². The van der Waals surface area contributed by atoms with Crippen LogP contribution in [0.3, 0.4) is 0 Å². The second kappa shape index (κ2) is 7.94. The van der Waals surface area contributed by atoms with E-state index in [1.54, 1.807) is 31.4 Å². The smallest absolute Gasteiger partial charge is 0.238 e. The lowest BCUT2D eigenvalue weighted by Gasteiger charge is -2.13. The normalized spacial score (nSPS) is 11.8. The summed E-state index contributed by atoms with van der Waals surface area (Å²) >= 11 is 0. The Hall–Kier alpha value is -2.30. The zero-order chi connectivity index (χ0) is 19.4. The second-order valence-electron chi connectivity index (χ2n) is 5.43. The zero-order valence-electron chi connectivity index (χ0n) is 14.3. The van der Waals surface area contributed by atoms with E-state index in [2.05, 4.69) is 5.32 Å². The monoisotopic (exact) mass is 400 g/mol. The molecule has 0 aromatic heterocycles. The molecule has 0 aliphatic rings. The van der Waals surface area contributed by atoms with Crippen molar-refractivity contribution in [1.29, 1.82) is 0 Å². The number of hydrogen-bond donors (Lipinski definition) is 2. The van der Waals surface area contributed by atoms with E-state index in [1.807, 2.05) is 0 Å². The highest BCUT2D eigenvalue weighted by Gasteiger charge is 2.18. The van der Waals surface area contributed by atoms with E-state index in [9.17, 15) is 16.8 Å². The number of ether oxygens (including phenoxy) is 2. The van der Waals surface area contributed by atoms with Crippen LogP contribution in [0, 0.1) is 0 Å². The predicted molar refractivity (Wildman–Crippen MR) is 97.9 cm³/mol. The molecule has 0 fully saturated rings. The van der Waals surface area contributed by atoms with Crippen molar-refractivity contribution < 1.29 is 26.3 Å². The quantitative estimate of drug-likeness (QED) is 0.639. The fraction of sp³-hybridized carbons (Fsp3) is 0.250. The molecule has 0 spiro atoms. The fourth-order valence-corrected chi connectivity index (χ4v) is 3.65. The van der Waals surface area contributed by atoms with Gasteiger partial charge in [0.1, 0.15) is 18.1 Å². The molecule has 2 aromatic rings. The lowest BCUT2D eigenvalue weighted by molar-refractivity contribution is 0.331. The molecule has 0 bridgehead atoms. The summed E-state index contributed by atoms with van der Waals surface area (Å²) in [7, 11) is -6.08. The van der Waals surface area contributed by atoms with E-state index in [4.69, 9.17) is 14.6 Å². The van der Waals surface area contributed by atoms with Gasteiger partial charge in [0.25, 0.3) is 0 Å². The van der Waals surface area contributed by atoms with Crippen LogP contribution in [0.5, 0.6) is 11.5 Å². The number of benzene rings is 2. The van der Waals surface area contributed by atoms with Crippen molar-refractivity contribution in [2.75, 3.05) is 31.8 Å². The Bertz CT molecular complexity index is 970. The lowest BCUT2D eigenvalue weighted by atomic mass is 10.3.